The Balaban J connectivity index is 0.000000276. The number of aromatic nitrogens is 2. The van der Waals surface area contributed by atoms with Gasteiger partial charge in [0.2, 0.25) is 0 Å². The number of H-pyrrole nitrogens is 1. The second-order valence-electron chi connectivity index (χ2n) is 2.85. The topological polar surface area (TPSA) is 45.8 Å². The molecule has 78 valence electrons. The van der Waals surface area contributed by atoms with Gasteiger partial charge in [-0.1, -0.05) is 19.3 Å². The smallest absolute Gasteiger partial charge is 0.313 e. The van der Waals surface area contributed by atoms with Crippen LogP contribution in [0.5, 0.6) is 0 Å². The first-order chi connectivity index (χ1) is 6.50. The van der Waals surface area contributed by atoms with Crippen LogP contribution >= 0.6 is 0 Å². The Morgan fingerprint density at radius 1 is 1.29 bits per heavy atom. The predicted molar refractivity (Wildman–Crippen MR) is 43.7 cm³/mol. The van der Waals surface area contributed by atoms with Crippen molar-refractivity contribution < 1.29 is 13.2 Å². The fourth-order valence-electron chi connectivity index (χ4n) is 0.524. The average molecular weight is 206 g/mol. The van der Waals surface area contributed by atoms with Crippen LogP contribution < -0.4 is 5.56 Å². The summed E-state index contributed by atoms with van der Waals surface area (Å²) < 4.78 is 35.3. The highest BCUT2D eigenvalue weighted by atomic mass is 19.4. The molecule has 1 aromatic heterocycles. The quantitative estimate of drug-likeness (QED) is 0.705. The van der Waals surface area contributed by atoms with E-state index in [-0.39, 0.29) is 0 Å². The average Bonchev–Trinajstić information content (AvgIpc) is 2.88. The van der Waals surface area contributed by atoms with Crippen molar-refractivity contribution in [3.8, 4) is 0 Å². The van der Waals surface area contributed by atoms with E-state index in [0.29, 0.717) is 12.4 Å². The second-order valence-corrected chi connectivity index (χ2v) is 2.85. The molecule has 0 aromatic carbocycles. The zero-order valence-electron chi connectivity index (χ0n) is 7.27. The number of aromatic amines is 1. The van der Waals surface area contributed by atoms with Gasteiger partial charge in [0.25, 0.3) is 5.56 Å². The van der Waals surface area contributed by atoms with Crippen LogP contribution in [0.15, 0.2) is 17.2 Å². The van der Waals surface area contributed by atoms with Gasteiger partial charge in [0.1, 0.15) is 0 Å². The Hall–Kier alpha value is -1.33. The van der Waals surface area contributed by atoms with Crippen LogP contribution in [0.25, 0.3) is 0 Å². The van der Waals surface area contributed by atoms with E-state index in [2.05, 4.69) is 4.98 Å². The molecule has 1 aromatic rings. The Morgan fingerprint density at radius 3 is 2.14 bits per heavy atom. The molecule has 0 amide bonds. The van der Waals surface area contributed by atoms with Crippen molar-refractivity contribution in [2.75, 3.05) is 0 Å². The maximum absolute atomic E-state index is 11.8. The number of hydrogen-bond acceptors (Lipinski definition) is 2. The Bertz CT molecular complexity index is 340. The summed E-state index contributed by atoms with van der Waals surface area (Å²) in [6, 6.07) is 0.403. The molecule has 1 N–H and O–H groups in total. The van der Waals surface area contributed by atoms with Crippen molar-refractivity contribution in [1.82, 2.24) is 9.97 Å². The van der Waals surface area contributed by atoms with Gasteiger partial charge in [-0.3, -0.25) is 4.79 Å². The highest BCUT2D eigenvalue weighted by Crippen LogP contribution is 2.25. The van der Waals surface area contributed by atoms with Crippen LogP contribution in [0.3, 0.4) is 0 Å². The summed E-state index contributed by atoms with van der Waals surface area (Å²) in [5, 5.41) is 0. The SMILES string of the molecule is C1CC1.O=c1cc(C(F)(F)F)nc[nH]1. The van der Waals surface area contributed by atoms with E-state index in [1.165, 1.54) is 19.3 Å². The van der Waals surface area contributed by atoms with Crippen molar-refractivity contribution >= 4 is 0 Å². The molecule has 1 aliphatic carbocycles. The van der Waals surface area contributed by atoms with Crippen molar-refractivity contribution in [3.63, 3.8) is 0 Å². The highest BCUT2D eigenvalue weighted by molar-refractivity contribution is 5.02. The van der Waals surface area contributed by atoms with Crippen LogP contribution in [0, 0.1) is 0 Å². The minimum atomic E-state index is -4.55. The number of hydrogen-bond donors (Lipinski definition) is 1. The summed E-state index contributed by atoms with van der Waals surface area (Å²) in [5.74, 6) is 0. The molecule has 14 heavy (non-hydrogen) atoms. The molecule has 0 radical (unpaired) electrons. The molecule has 0 unspecified atom stereocenters. The summed E-state index contributed by atoms with van der Waals surface area (Å²) in [7, 11) is 0. The molecule has 6 heteroatoms. The summed E-state index contributed by atoms with van der Waals surface area (Å²) >= 11 is 0. The maximum atomic E-state index is 11.8. The number of alkyl halides is 3. The normalized spacial score (nSPS) is 14.2. The van der Waals surface area contributed by atoms with Gasteiger partial charge in [-0.15, -0.1) is 0 Å². The molecule has 1 saturated carbocycles. The minimum Gasteiger partial charge on any atom is -0.313 e. The number of halogens is 3. The van der Waals surface area contributed by atoms with Gasteiger partial charge in [-0.2, -0.15) is 13.2 Å². The summed E-state index contributed by atoms with van der Waals surface area (Å²) in [6.45, 7) is 0. The lowest BCUT2D eigenvalue weighted by Crippen LogP contribution is -2.14. The van der Waals surface area contributed by atoms with Crippen molar-refractivity contribution in [1.29, 1.82) is 0 Å². The van der Waals surface area contributed by atoms with E-state index in [4.69, 9.17) is 0 Å². The van der Waals surface area contributed by atoms with E-state index in [1.807, 2.05) is 4.98 Å². The van der Waals surface area contributed by atoms with Gasteiger partial charge in [-0.05, 0) is 0 Å². The first-order valence-electron chi connectivity index (χ1n) is 4.12. The van der Waals surface area contributed by atoms with Gasteiger partial charge in [0.15, 0.2) is 5.69 Å². The third kappa shape index (κ3) is 4.06. The molecule has 0 spiro atoms. The van der Waals surface area contributed by atoms with Gasteiger partial charge in [0, 0.05) is 6.07 Å². The number of nitrogens with zero attached hydrogens (tertiary/aromatic N) is 1. The first-order valence-corrected chi connectivity index (χ1v) is 4.12. The zero-order valence-corrected chi connectivity index (χ0v) is 7.27. The van der Waals surface area contributed by atoms with Crippen molar-refractivity contribution in [2.45, 2.75) is 25.4 Å². The lowest BCUT2D eigenvalue weighted by molar-refractivity contribution is -0.141. The summed E-state index contributed by atoms with van der Waals surface area (Å²) in [5.41, 5.74) is -1.99. The molecule has 1 fully saturated rings. The molecule has 0 aliphatic heterocycles. The molecule has 1 aliphatic rings. The number of rotatable bonds is 0. The van der Waals surface area contributed by atoms with E-state index < -0.39 is 17.4 Å². The Labute approximate surface area is 78.0 Å². The molecule has 3 nitrogen and oxygen atoms in total. The standard InChI is InChI=1S/C5H3F3N2O.C3H6/c6-5(7,8)3-1-4(11)10-2-9-3;1-2-3-1/h1-2H,(H,9,10,11);1-3H2. The van der Waals surface area contributed by atoms with Gasteiger partial charge < -0.3 is 4.98 Å². The van der Waals surface area contributed by atoms with Crippen LogP contribution in [0.4, 0.5) is 13.2 Å². The predicted octanol–water partition coefficient (Wildman–Crippen LogP) is 1.96. The van der Waals surface area contributed by atoms with Crippen LogP contribution in [-0.2, 0) is 6.18 Å². The van der Waals surface area contributed by atoms with Crippen LogP contribution in [-0.4, -0.2) is 9.97 Å². The van der Waals surface area contributed by atoms with Gasteiger partial charge >= 0.3 is 6.18 Å². The molecule has 0 saturated heterocycles. The van der Waals surface area contributed by atoms with E-state index in [1.54, 1.807) is 0 Å². The van der Waals surface area contributed by atoms with E-state index >= 15 is 0 Å². The first kappa shape index (κ1) is 10.7. The Kier molecular flexibility index (Phi) is 3.27. The second kappa shape index (κ2) is 4.26. The highest BCUT2D eigenvalue weighted by Gasteiger charge is 2.32. The molecular weight excluding hydrogens is 197 g/mol. The largest absolute Gasteiger partial charge is 0.433 e. The lowest BCUT2D eigenvalue weighted by atomic mass is 10.4. The Morgan fingerprint density at radius 2 is 1.86 bits per heavy atom. The minimum absolute atomic E-state index is 0.403. The summed E-state index contributed by atoms with van der Waals surface area (Å²) in [6.07, 6.45) is 0.666. The van der Waals surface area contributed by atoms with Crippen molar-refractivity contribution in [2.24, 2.45) is 0 Å². The zero-order chi connectivity index (χ0) is 10.6. The number of nitrogens with one attached hydrogen (secondary N) is 1. The van der Waals surface area contributed by atoms with Gasteiger partial charge in [-0.25, -0.2) is 4.98 Å². The molecular formula is C8H9F3N2O. The van der Waals surface area contributed by atoms with E-state index in [0.717, 1.165) is 0 Å². The van der Waals surface area contributed by atoms with Crippen molar-refractivity contribution in [3.05, 3.63) is 28.4 Å². The molecule has 0 atom stereocenters. The fraction of sp³-hybridized carbons (Fsp3) is 0.500. The van der Waals surface area contributed by atoms with Crippen LogP contribution in [0.2, 0.25) is 0 Å². The van der Waals surface area contributed by atoms with Crippen LogP contribution in [0.1, 0.15) is 25.0 Å². The maximum Gasteiger partial charge on any atom is 0.433 e. The summed E-state index contributed by atoms with van der Waals surface area (Å²) in [4.78, 5) is 15.2. The monoisotopic (exact) mass is 206 g/mol. The third-order valence-corrected chi connectivity index (χ3v) is 1.32. The van der Waals surface area contributed by atoms with E-state index in [9.17, 15) is 18.0 Å². The molecule has 0 bridgehead atoms. The molecule has 2 rings (SSSR count). The fourth-order valence-corrected chi connectivity index (χ4v) is 0.524. The third-order valence-electron chi connectivity index (χ3n) is 1.32. The van der Waals surface area contributed by atoms with Gasteiger partial charge in [0.05, 0.1) is 6.33 Å². The lowest BCUT2D eigenvalue weighted by Gasteiger charge is -2.02. The molecule has 1 heterocycles.